The summed E-state index contributed by atoms with van der Waals surface area (Å²) < 4.78 is 0. The van der Waals surface area contributed by atoms with Crippen molar-refractivity contribution in [3.8, 4) is 0 Å². The Hall–Kier alpha value is -0.820. The summed E-state index contributed by atoms with van der Waals surface area (Å²) in [6, 6.07) is 5.23. The molecule has 120 valence electrons. The van der Waals surface area contributed by atoms with Crippen molar-refractivity contribution >= 4 is 0 Å². The van der Waals surface area contributed by atoms with Crippen LogP contribution in [0.3, 0.4) is 0 Å². The number of hydrogen-bond donors (Lipinski definition) is 1. The fourth-order valence-corrected chi connectivity index (χ4v) is 3.12. The molecule has 21 heavy (non-hydrogen) atoms. The number of rotatable bonds is 10. The molecule has 0 radical (unpaired) electrons. The lowest BCUT2D eigenvalue weighted by Crippen LogP contribution is -2.17. The first-order valence-corrected chi connectivity index (χ1v) is 8.85. The van der Waals surface area contributed by atoms with Crippen molar-refractivity contribution < 1.29 is 0 Å². The van der Waals surface area contributed by atoms with E-state index >= 15 is 0 Å². The van der Waals surface area contributed by atoms with E-state index in [9.17, 15) is 0 Å². The van der Waals surface area contributed by atoms with Crippen molar-refractivity contribution in [1.82, 2.24) is 5.32 Å². The van der Waals surface area contributed by atoms with E-state index in [4.69, 9.17) is 0 Å². The highest BCUT2D eigenvalue weighted by Crippen LogP contribution is 2.25. The number of nitrogens with one attached hydrogen (secondary N) is 1. The van der Waals surface area contributed by atoms with Crippen LogP contribution < -0.4 is 5.32 Å². The first-order valence-electron chi connectivity index (χ1n) is 8.85. The van der Waals surface area contributed by atoms with E-state index in [-0.39, 0.29) is 0 Å². The predicted molar refractivity (Wildman–Crippen MR) is 95.1 cm³/mol. The SMILES string of the molecule is CCCCCCCCCC(NC)c1cc(C)c(C)cc1C. The molecule has 0 aliphatic heterocycles. The molecule has 0 saturated heterocycles. The normalized spacial score (nSPS) is 12.6. The van der Waals surface area contributed by atoms with Crippen LogP contribution in [0.25, 0.3) is 0 Å². The molecule has 0 fully saturated rings. The number of aryl methyl sites for hydroxylation is 3. The van der Waals surface area contributed by atoms with Gasteiger partial charge < -0.3 is 5.32 Å². The molecular weight excluding hydrogens is 254 g/mol. The van der Waals surface area contributed by atoms with Gasteiger partial charge in [0.1, 0.15) is 0 Å². The summed E-state index contributed by atoms with van der Waals surface area (Å²) in [5.41, 5.74) is 5.74. The van der Waals surface area contributed by atoms with Crippen LogP contribution in [-0.2, 0) is 0 Å². The second-order valence-corrected chi connectivity index (χ2v) is 6.54. The summed E-state index contributed by atoms with van der Waals surface area (Å²) >= 11 is 0. The van der Waals surface area contributed by atoms with Gasteiger partial charge in [0.2, 0.25) is 0 Å². The van der Waals surface area contributed by atoms with Crippen LogP contribution in [0, 0.1) is 20.8 Å². The Morgan fingerprint density at radius 2 is 1.38 bits per heavy atom. The Morgan fingerprint density at radius 1 is 0.810 bits per heavy atom. The molecule has 1 atom stereocenters. The van der Waals surface area contributed by atoms with Crippen molar-refractivity contribution in [1.29, 1.82) is 0 Å². The Morgan fingerprint density at radius 3 is 2.00 bits per heavy atom. The summed E-state index contributed by atoms with van der Waals surface area (Å²) in [5.74, 6) is 0. The zero-order valence-electron chi connectivity index (χ0n) is 14.9. The monoisotopic (exact) mass is 289 g/mol. The van der Waals surface area contributed by atoms with Crippen molar-refractivity contribution in [2.24, 2.45) is 0 Å². The molecule has 1 heteroatoms. The van der Waals surface area contributed by atoms with Gasteiger partial charge in [-0.2, -0.15) is 0 Å². The second kappa shape index (κ2) is 10.00. The fraction of sp³-hybridized carbons (Fsp3) is 0.700. The number of hydrogen-bond acceptors (Lipinski definition) is 1. The molecule has 1 N–H and O–H groups in total. The van der Waals surface area contributed by atoms with Crippen LogP contribution in [0.2, 0.25) is 0 Å². The average Bonchev–Trinajstić information content (AvgIpc) is 2.46. The molecule has 0 aromatic heterocycles. The summed E-state index contributed by atoms with van der Waals surface area (Å²) in [7, 11) is 2.10. The zero-order chi connectivity index (χ0) is 15.7. The predicted octanol–water partition coefficient (Wildman–Crippen LogP) is 6.01. The van der Waals surface area contributed by atoms with Gasteiger partial charge in [-0.25, -0.2) is 0 Å². The van der Waals surface area contributed by atoms with E-state index in [1.54, 1.807) is 0 Å². The third kappa shape index (κ3) is 6.22. The molecule has 0 aliphatic rings. The van der Waals surface area contributed by atoms with Gasteiger partial charge in [-0.05, 0) is 56.5 Å². The van der Waals surface area contributed by atoms with Gasteiger partial charge in [-0.3, -0.25) is 0 Å². The highest BCUT2D eigenvalue weighted by atomic mass is 14.9. The summed E-state index contributed by atoms with van der Waals surface area (Å²) in [5, 5.41) is 3.52. The van der Waals surface area contributed by atoms with E-state index in [0.29, 0.717) is 6.04 Å². The average molecular weight is 290 g/mol. The molecule has 1 rings (SSSR count). The lowest BCUT2D eigenvalue weighted by atomic mass is 9.92. The van der Waals surface area contributed by atoms with Crippen molar-refractivity contribution in [3.05, 3.63) is 34.4 Å². The fourth-order valence-electron chi connectivity index (χ4n) is 3.12. The maximum absolute atomic E-state index is 3.52. The van der Waals surface area contributed by atoms with Crippen LogP contribution in [-0.4, -0.2) is 7.05 Å². The Kier molecular flexibility index (Phi) is 8.68. The lowest BCUT2D eigenvalue weighted by molar-refractivity contribution is 0.494. The van der Waals surface area contributed by atoms with E-state index < -0.39 is 0 Å². The molecule has 0 saturated carbocycles. The van der Waals surface area contributed by atoms with Gasteiger partial charge in [0.25, 0.3) is 0 Å². The van der Waals surface area contributed by atoms with Crippen molar-refractivity contribution in [3.63, 3.8) is 0 Å². The summed E-state index contributed by atoms with van der Waals surface area (Å²) in [4.78, 5) is 0. The third-order valence-electron chi connectivity index (χ3n) is 4.70. The van der Waals surface area contributed by atoms with Gasteiger partial charge in [0, 0.05) is 6.04 Å². The van der Waals surface area contributed by atoms with Gasteiger partial charge in [0.15, 0.2) is 0 Å². The van der Waals surface area contributed by atoms with Gasteiger partial charge in [-0.15, -0.1) is 0 Å². The molecule has 0 bridgehead atoms. The van der Waals surface area contributed by atoms with Gasteiger partial charge >= 0.3 is 0 Å². The first kappa shape index (κ1) is 18.2. The summed E-state index contributed by atoms with van der Waals surface area (Å²) in [6.45, 7) is 8.95. The molecule has 0 amide bonds. The van der Waals surface area contributed by atoms with E-state index in [0.717, 1.165) is 0 Å². The third-order valence-corrected chi connectivity index (χ3v) is 4.70. The number of benzene rings is 1. The maximum atomic E-state index is 3.52. The van der Waals surface area contributed by atoms with Crippen LogP contribution in [0.15, 0.2) is 12.1 Å². The van der Waals surface area contributed by atoms with E-state index in [2.05, 4.69) is 52.2 Å². The first-order chi connectivity index (χ1) is 10.1. The molecule has 1 aromatic rings. The molecule has 0 heterocycles. The van der Waals surface area contributed by atoms with Crippen molar-refractivity contribution in [2.75, 3.05) is 7.05 Å². The second-order valence-electron chi connectivity index (χ2n) is 6.54. The minimum Gasteiger partial charge on any atom is -0.313 e. The lowest BCUT2D eigenvalue weighted by Gasteiger charge is -2.20. The van der Waals surface area contributed by atoms with Gasteiger partial charge in [-0.1, -0.05) is 64.0 Å². The van der Waals surface area contributed by atoms with Crippen molar-refractivity contribution in [2.45, 2.75) is 85.1 Å². The van der Waals surface area contributed by atoms with Gasteiger partial charge in [0.05, 0.1) is 0 Å². The highest BCUT2D eigenvalue weighted by Gasteiger charge is 2.12. The molecule has 1 nitrogen and oxygen atoms in total. The van der Waals surface area contributed by atoms with Crippen LogP contribution in [0.4, 0.5) is 0 Å². The highest BCUT2D eigenvalue weighted by molar-refractivity contribution is 5.38. The minimum atomic E-state index is 0.514. The van der Waals surface area contributed by atoms with Crippen LogP contribution in [0.1, 0.15) is 86.6 Å². The molecule has 1 unspecified atom stereocenters. The van der Waals surface area contributed by atoms with Crippen LogP contribution in [0.5, 0.6) is 0 Å². The summed E-state index contributed by atoms with van der Waals surface area (Å²) in [6.07, 6.45) is 11.0. The Bertz CT molecular complexity index is 409. The van der Waals surface area contributed by atoms with E-state index in [1.807, 2.05) is 0 Å². The number of unbranched alkanes of at least 4 members (excludes halogenated alkanes) is 6. The van der Waals surface area contributed by atoms with E-state index in [1.165, 1.54) is 73.6 Å². The Labute approximate surface area is 132 Å². The zero-order valence-corrected chi connectivity index (χ0v) is 14.9. The molecule has 0 aliphatic carbocycles. The van der Waals surface area contributed by atoms with Crippen LogP contribution >= 0.6 is 0 Å². The topological polar surface area (TPSA) is 12.0 Å². The molecular formula is C20H35N. The maximum Gasteiger partial charge on any atom is 0.0320 e. The smallest absolute Gasteiger partial charge is 0.0320 e. The largest absolute Gasteiger partial charge is 0.313 e. The molecule has 0 spiro atoms. The molecule has 1 aromatic carbocycles. The Balaban J connectivity index is 2.43. The minimum absolute atomic E-state index is 0.514. The standard InChI is InChI=1S/C20H35N/c1-6-7-8-9-10-11-12-13-20(21-5)19-15-17(3)16(2)14-18(19)4/h14-15,20-21H,6-13H2,1-5H3. The quantitative estimate of drug-likeness (QED) is 0.520.